The van der Waals surface area contributed by atoms with Gasteiger partial charge in [0.25, 0.3) is 0 Å². The molecule has 1 aromatic rings. The Hall–Kier alpha value is -1.79. The predicted octanol–water partition coefficient (Wildman–Crippen LogP) is 2.52. The maximum atomic E-state index is 9.96. The van der Waals surface area contributed by atoms with Crippen molar-refractivity contribution in [1.82, 2.24) is 4.90 Å². The van der Waals surface area contributed by atoms with Crippen LogP contribution >= 0.6 is 0 Å². The number of hydrogen-bond donors (Lipinski definition) is 1. The first-order valence-electron chi connectivity index (χ1n) is 8.01. The quantitative estimate of drug-likeness (QED) is 0.327. The number of hydrogen-bond acceptors (Lipinski definition) is 5. The molecule has 1 unspecified atom stereocenters. The van der Waals surface area contributed by atoms with E-state index >= 15 is 0 Å². The van der Waals surface area contributed by atoms with Crippen LogP contribution in [-0.2, 0) is 4.74 Å². The van der Waals surface area contributed by atoms with Crippen LogP contribution in [0.5, 0.6) is 5.75 Å². The van der Waals surface area contributed by atoms with Gasteiger partial charge in [-0.2, -0.15) is 0 Å². The smallest absolute Gasteiger partial charge is 0.119 e. The Morgan fingerprint density at radius 3 is 2.74 bits per heavy atom. The lowest BCUT2D eigenvalue weighted by molar-refractivity contribution is 0.0358. The van der Waals surface area contributed by atoms with Crippen molar-refractivity contribution in [2.24, 2.45) is 5.11 Å². The molecule has 1 fully saturated rings. The van der Waals surface area contributed by atoms with Gasteiger partial charge in [0.05, 0.1) is 25.9 Å². The summed E-state index contributed by atoms with van der Waals surface area (Å²) in [7, 11) is 0. The maximum Gasteiger partial charge on any atom is 0.119 e. The molecule has 7 nitrogen and oxygen atoms in total. The summed E-state index contributed by atoms with van der Waals surface area (Å²) in [6.45, 7) is 5.65. The number of aliphatic hydroxyl groups is 1. The second kappa shape index (κ2) is 10.1. The van der Waals surface area contributed by atoms with Crippen LogP contribution in [0.15, 0.2) is 29.4 Å². The lowest BCUT2D eigenvalue weighted by atomic mass is 10.1. The topological polar surface area (TPSA) is 90.7 Å². The summed E-state index contributed by atoms with van der Waals surface area (Å²) >= 11 is 0. The molecule has 0 aliphatic carbocycles. The highest BCUT2D eigenvalue weighted by molar-refractivity contribution is 5.28. The van der Waals surface area contributed by atoms with Crippen LogP contribution in [0.3, 0.4) is 0 Å². The second-order valence-electron chi connectivity index (χ2n) is 5.48. The number of nitrogens with zero attached hydrogens (tertiary/aromatic N) is 4. The molecular formula is C16H24N4O3. The van der Waals surface area contributed by atoms with E-state index in [1.54, 1.807) is 0 Å². The van der Waals surface area contributed by atoms with Gasteiger partial charge in [0, 0.05) is 31.1 Å². The lowest BCUT2D eigenvalue weighted by Crippen LogP contribution is -2.37. The molecule has 1 aromatic carbocycles. The maximum absolute atomic E-state index is 9.96. The molecule has 23 heavy (non-hydrogen) atoms. The van der Waals surface area contributed by atoms with Crippen molar-refractivity contribution in [3.63, 3.8) is 0 Å². The van der Waals surface area contributed by atoms with Crippen LogP contribution < -0.4 is 4.74 Å². The number of ether oxygens (including phenoxy) is 2. The minimum Gasteiger partial charge on any atom is -0.494 e. The number of azide groups is 1. The van der Waals surface area contributed by atoms with Gasteiger partial charge in [-0.3, -0.25) is 4.90 Å². The van der Waals surface area contributed by atoms with Gasteiger partial charge < -0.3 is 14.6 Å². The third-order valence-corrected chi connectivity index (χ3v) is 3.82. The van der Waals surface area contributed by atoms with E-state index in [0.717, 1.165) is 50.6 Å². The van der Waals surface area contributed by atoms with Crippen LogP contribution in [0.1, 0.15) is 24.5 Å². The van der Waals surface area contributed by atoms with Crippen molar-refractivity contribution >= 4 is 0 Å². The Kier molecular flexibility index (Phi) is 7.69. The van der Waals surface area contributed by atoms with Crippen LogP contribution in [0.25, 0.3) is 10.4 Å². The van der Waals surface area contributed by atoms with Crippen LogP contribution in [0.2, 0.25) is 0 Å². The molecular weight excluding hydrogens is 296 g/mol. The number of rotatable bonds is 9. The summed E-state index contributed by atoms with van der Waals surface area (Å²) in [4.78, 5) is 5.06. The van der Waals surface area contributed by atoms with Crippen LogP contribution in [0.4, 0.5) is 0 Å². The number of morpholine rings is 1. The predicted molar refractivity (Wildman–Crippen MR) is 87.4 cm³/mol. The van der Waals surface area contributed by atoms with E-state index in [4.69, 9.17) is 15.0 Å². The Balaban J connectivity index is 1.66. The molecule has 0 bridgehead atoms. The highest BCUT2D eigenvalue weighted by Gasteiger charge is 2.09. The highest BCUT2D eigenvalue weighted by atomic mass is 16.5. The minimum atomic E-state index is -0.615. The van der Waals surface area contributed by atoms with Gasteiger partial charge in [0.1, 0.15) is 5.75 Å². The molecule has 1 aliphatic rings. The number of benzene rings is 1. The van der Waals surface area contributed by atoms with Gasteiger partial charge in [-0.05, 0) is 36.1 Å². The number of aliphatic hydroxyl groups excluding tert-OH is 1. The fraction of sp³-hybridized carbons (Fsp3) is 0.625. The minimum absolute atomic E-state index is 0.289. The molecule has 0 amide bonds. The van der Waals surface area contributed by atoms with Crippen molar-refractivity contribution in [3.05, 3.63) is 40.3 Å². The molecule has 1 aliphatic heterocycles. The zero-order chi connectivity index (χ0) is 16.3. The fourth-order valence-corrected chi connectivity index (χ4v) is 2.48. The van der Waals surface area contributed by atoms with Crippen LogP contribution in [-0.4, -0.2) is 56.0 Å². The Morgan fingerprint density at radius 2 is 2.04 bits per heavy atom. The zero-order valence-electron chi connectivity index (χ0n) is 13.3. The van der Waals surface area contributed by atoms with Crippen molar-refractivity contribution in [2.45, 2.75) is 18.9 Å². The third-order valence-electron chi connectivity index (χ3n) is 3.82. The molecule has 0 radical (unpaired) electrons. The van der Waals surface area contributed by atoms with E-state index in [-0.39, 0.29) is 6.54 Å². The molecule has 1 saturated heterocycles. The summed E-state index contributed by atoms with van der Waals surface area (Å²) < 4.78 is 11.0. The molecule has 0 spiro atoms. The third kappa shape index (κ3) is 6.46. The molecule has 1 heterocycles. The van der Waals surface area contributed by atoms with E-state index in [1.165, 1.54) is 0 Å². The van der Waals surface area contributed by atoms with Gasteiger partial charge >= 0.3 is 0 Å². The summed E-state index contributed by atoms with van der Waals surface area (Å²) in [5.41, 5.74) is 9.03. The Bertz CT molecular complexity index is 497. The van der Waals surface area contributed by atoms with Crippen molar-refractivity contribution in [2.75, 3.05) is 46.0 Å². The van der Waals surface area contributed by atoms with Crippen molar-refractivity contribution in [3.8, 4) is 5.75 Å². The molecule has 126 valence electrons. The largest absolute Gasteiger partial charge is 0.494 e. The van der Waals surface area contributed by atoms with E-state index in [1.807, 2.05) is 24.3 Å². The first-order chi connectivity index (χ1) is 11.3. The summed E-state index contributed by atoms with van der Waals surface area (Å²) in [5, 5.41) is 13.4. The lowest BCUT2D eigenvalue weighted by Gasteiger charge is -2.26. The van der Waals surface area contributed by atoms with Crippen LogP contribution in [0, 0.1) is 0 Å². The van der Waals surface area contributed by atoms with E-state index < -0.39 is 6.10 Å². The standard InChI is InChI=1S/C16H24N4O3/c17-19-18-7-6-16(21)14-2-4-15(5-3-14)23-11-1-8-20-9-12-22-13-10-20/h2-5,16,21H,1,6-13H2. The van der Waals surface area contributed by atoms with Gasteiger partial charge in [-0.1, -0.05) is 17.2 Å². The summed E-state index contributed by atoms with van der Waals surface area (Å²) in [5.74, 6) is 0.804. The van der Waals surface area contributed by atoms with Crippen molar-refractivity contribution < 1.29 is 14.6 Å². The van der Waals surface area contributed by atoms with E-state index in [0.29, 0.717) is 13.0 Å². The molecule has 0 saturated carbocycles. The summed E-state index contributed by atoms with van der Waals surface area (Å²) in [6.07, 6.45) is 0.788. The van der Waals surface area contributed by atoms with Gasteiger partial charge in [0.2, 0.25) is 0 Å². The molecule has 1 atom stereocenters. The average Bonchev–Trinajstić information content (AvgIpc) is 2.60. The molecule has 0 aromatic heterocycles. The molecule has 1 N–H and O–H groups in total. The van der Waals surface area contributed by atoms with Crippen molar-refractivity contribution in [1.29, 1.82) is 0 Å². The van der Waals surface area contributed by atoms with Gasteiger partial charge in [-0.25, -0.2) is 0 Å². The van der Waals surface area contributed by atoms with Gasteiger partial charge in [0.15, 0.2) is 0 Å². The zero-order valence-corrected chi connectivity index (χ0v) is 13.3. The monoisotopic (exact) mass is 320 g/mol. The normalized spacial score (nSPS) is 16.6. The van der Waals surface area contributed by atoms with Gasteiger partial charge in [-0.15, -0.1) is 0 Å². The molecule has 2 rings (SSSR count). The first kappa shape index (κ1) is 17.6. The second-order valence-corrected chi connectivity index (χ2v) is 5.48. The first-order valence-corrected chi connectivity index (χ1v) is 8.01. The highest BCUT2D eigenvalue weighted by Crippen LogP contribution is 2.20. The van der Waals surface area contributed by atoms with E-state index in [2.05, 4.69) is 14.9 Å². The average molecular weight is 320 g/mol. The van der Waals surface area contributed by atoms with E-state index in [9.17, 15) is 5.11 Å². The molecule has 7 heteroatoms. The summed E-state index contributed by atoms with van der Waals surface area (Å²) in [6, 6.07) is 7.41. The SMILES string of the molecule is [N-]=[N+]=NCCC(O)c1ccc(OCCCN2CCOCC2)cc1. The Labute approximate surface area is 136 Å². The Morgan fingerprint density at radius 1 is 1.30 bits per heavy atom. The fourth-order valence-electron chi connectivity index (χ4n) is 2.48.